The van der Waals surface area contributed by atoms with Gasteiger partial charge in [0, 0.05) is 7.05 Å². The lowest BCUT2D eigenvalue weighted by Gasteiger charge is -2.23. The Morgan fingerprint density at radius 1 is 1.16 bits per heavy atom. The molecule has 19 heavy (non-hydrogen) atoms. The second kappa shape index (κ2) is 5.95. The Hall–Kier alpha value is -1.71. The lowest BCUT2D eigenvalue weighted by atomic mass is 10.2. The summed E-state index contributed by atoms with van der Waals surface area (Å²) in [5.41, 5.74) is 2.59. The summed E-state index contributed by atoms with van der Waals surface area (Å²) in [6.07, 6.45) is 0. The van der Waals surface area contributed by atoms with E-state index >= 15 is 0 Å². The molecule has 0 spiro atoms. The molecule has 0 heterocycles. The zero-order chi connectivity index (χ0) is 13.8. The lowest BCUT2D eigenvalue weighted by Crippen LogP contribution is -2.11. The van der Waals surface area contributed by atoms with Gasteiger partial charge in [0.1, 0.15) is 5.75 Å². The second-order valence-corrected chi connectivity index (χ2v) is 4.58. The minimum Gasteiger partial charge on any atom is -0.495 e. The Bertz CT molecular complexity index is 572. The molecular formula is C15H16ClNO2. The lowest BCUT2D eigenvalue weighted by molar-refractivity contribution is 0.282. The summed E-state index contributed by atoms with van der Waals surface area (Å²) in [5, 5.41) is 9.70. The quantitative estimate of drug-likeness (QED) is 0.927. The molecule has 0 amide bonds. The van der Waals surface area contributed by atoms with Crippen LogP contribution in [0.1, 0.15) is 5.56 Å². The molecule has 0 saturated heterocycles. The minimum absolute atomic E-state index is 0.0155. The van der Waals surface area contributed by atoms with Crippen molar-refractivity contribution in [3.8, 4) is 5.75 Å². The Kier molecular flexibility index (Phi) is 4.30. The van der Waals surface area contributed by atoms with Crippen LogP contribution in [-0.4, -0.2) is 19.3 Å². The van der Waals surface area contributed by atoms with Crippen molar-refractivity contribution in [3.63, 3.8) is 0 Å². The standard InChI is InChI=1S/C15H16ClNO2/c1-17(14-5-3-4-6-15(14)19-2)13-8-7-11(10-18)9-12(13)16/h3-9,18H,10H2,1-2H3. The van der Waals surface area contributed by atoms with Gasteiger partial charge in [-0.05, 0) is 29.8 Å². The van der Waals surface area contributed by atoms with Crippen LogP contribution in [-0.2, 0) is 6.61 Å². The van der Waals surface area contributed by atoms with E-state index in [4.69, 9.17) is 21.4 Å². The van der Waals surface area contributed by atoms with Gasteiger partial charge < -0.3 is 14.7 Å². The molecule has 0 aliphatic carbocycles. The second-order valence-electron chi connectivity index (χ2n) is 4.17. The molecule has 0 aromatic heterocycles. The molecule has 0 fully saturated rings. The van der Waals surface area contributed by atoms with Crippen LogP contribution in [0.25, 0.3) is 0 Å². The number of benzene rings is 2. The number of hydrogen-bond donors (Lipinski definition) is 1. The fourth-order valence-electron chi connectivity index (χ4n) is 1.96. The van der Waals surface area contributed by atoms with Crippen LogP contribution in [0.4, 0.5) is 11.4 Å². The van der Waals surface area contributed by atoms with E-state index < -0.39 is 0 Å². The zero-order valence-corrected chi connectivity index (χ0v) is 11.7. The van der Waals surface area contributed by atoms with Gasteiger partial charge in [-0.3, -0.25) is 0 Å². The number of rotatable bonds is 4. The number of aliphatic hydroxyl groups is 1. The van der Waals surface area contributed by atoms with Crippen molar-refractivity contribution in [1.29, 1.82) is 0 Å². The highest BCUT2D eigenvalue weighted by Crippen LogP contribution is 2.36. The molecule has 1 N–H and O–H groups in total. The Morgan fingerprint density at radius 3 is 2.53 bits per heavy atom. The molecule has 0 aliphatic rings. The summed E-state index contributed by atoms with van der Waals surface area (Å²) in [7, 11) is 3.57. The summed E-state index contributed by atoms with van der Waals surface area (Å²) < 4.78 is 5.35. The van der Waals surface area contributed by atoms with Gasteiger partial charge in [-0.15, -0.1) is 0 Å². The van der Waals surface area contributed by atoms with Crippen molar-refractivity contribution in [2.75, 3.05) is 19.1 Å². The number of ether oxygens (including phenoxy) is 1. The molecular weight excluding hydrogens is 262 g/mol. The third kappa shape index (κ3) is 2.83. The zero-order valence-electron chi connectivity index (χ0n) is 10.9. The van der Waals surface area contributed by atoms with Gasteiger partial charge in [0.05, 0.1) is 30.1 Å². The SMILES string of the molecule is COc1ccccc1N(C)c1ccc(CO)cc1Cl. The topological polar surface area (TPSA) is 32.7 Å². The molecule has 0 bridgehead atoms. The van der Waals surface area contributed by atoms with Crippen molar-refractivity contribution in [3.05, 3.63) is 53.1 Å². The number of methoxy groups -OCH3 is 1. The summed E-state index contributed by atoms with van der Waals surface area (Å²) in [6.45, 7) is -0.0155. The summed E-state index contributed by atoms with van der Waals surface area (Å²) in [6, 6.07) is 13.3. The fourth-order valence-corrected chi connectivity index (χ4v) is 2.29. The van der Waals surface area contributed by atoms with Gasteiger partial charge in [0.2, 0.25) is 0 Å². The summed E-state index contributed by atoms with van der Waals surface area (Å²) in [5.74, 6) is 0.785. The van der Waals surface area contributed by atoms with Gasteiger partial charge in [-0.2, -0.15) is 0 Å². The Balaban J connectivity index is 2.41. The highest BCUT2D eigenvalue weighted by atomic mass is 35.5. The first-order valence-electron chi connectivity index (χ1n) is 5.93. The first kappa shape index (κ1) is 13.7. The van der Waals surface area contributed by atoms with Crippen LogP contribution in [0, 0.1) is 0 Å². The maximum absolute atomic E-state index is 9.10. The summed E-state index contributed by atoms with van der Waals surface area (Å²) in [4.78, 5) is 1.96. The number of hydrogen-bond acceptors (Lipinski definition) is 3. The molecule has 3 nitrogen and oxygen atoms in total. The van der Waals surface area contributed by atoms with Crippen LogP contribution in [0.2, 0.25) is 5.02 Å². The van der Waals surface area contributed by atoms with Gasteiger partial charge in [0.15, 0.2) is 0 Å². The molecule has 0 unspecified atom stereocenters. The number of nitrogens with zero attached hydrogens (tertiary/aromatic N) is 1. The maximum atomic E-state index is 9.10. The van der Waals surface area contributed by atoms with Gasteiger partial charge >= 0.3 is 0 Å². The Labute approximate surface area is 118 Å². The average Bonchev–Trinajstić information content (AvgIpc) is 2.46. The van der Waals surface area contributed by atoms with Crippen molar-refractivity contribution in [1.82, 2.24) is 0 Å². The molecule has 2 aromatic rings. The molecule has 0 saturated carbocycles. The normalized spacial score (nSPS) is 10.3. The van der Waals surface area contributed by atoms with Crippen LogP contribution in [0.5, 0.6) is 5.75 Å². The van der Waals surface area contributed by atoms with E-state index in [0.29, 0.717) is 5.02 Å². The molecule has 100 valence electrons. The number of halogens is 1. The minimum atomic E-state index is -0.0155. The van der Waals surface area contributed by atoms with E-state index in [9.17, 15) is 0 Å². The van der Waals surface area contributed by atoms with Crippen molar-refractivity contribution >= 4 is 23.0 Å². The number of anilines is 2. The highest BCUT2D eigenvalue weighted by Gasteiger charge is 2.12. The van der Waals surface area contributed by atoms with E-state index in [1.807, 2.05) is 48.3 Å². The molecule has 2 aromatic carbocycles. The predicted octanol–water partition coefficient (Wildman–Crippen LogP) is 3.61. The summed E-state index contributed by atoms with van der Waals surface area (Å²) >= 11 is 6.25. The van der Waals surface area contributed by atoms with Crippen molar-refractivity contribution < 1.29 is 9.84 Å². The van der Waals surface area contributed by atoms with Crippen LogP contribution in [0.15, 0.2) is 42.5 Å². The smallest absolute Gasteiger partial charge is 0.142 e. The molecule has 2 rings (SSSR count). The van der Waals surface area contributed by atoms with Crippen LogP contribution >= 0.6 is 11.6 Å². The molecule has 4 heteroatoms. The van der Waals surface area contributed by atoms with E-state index in [0.717, 1.165) is 22.7 Å². The largest absolute Gasteiger partial charge is 0.495 e. The first-order chi connectivity index (χ1) is 9.17. The third-order valence-corrected chi connectivity index (χ3v) is 3.31. The van der Waals surface area contributed by atoms with Crippen LogP contribution < -0.4 is 9.64 Å². The molecule has 0 aliphatic heterocycles. The van der Waals surface area contributed by atoms with Crippen LogP contribution in [0.3, 0.4) is 0 Å². The van der Waals surface area contributed by atoms with E-state index in [-0.39, 0.29) is 6.61 Å². The average molecular weight is 278 g/mol. The van der Waals surface area contributed by atoms with Crippen molar-refractivity contribution in [2.24, 2.45) is 0 Å². The number of para-hydroxylation sites is 2. The van der Waals surface area contributed by atoms with Gasteiger partial charge in [-0.1, -0.05) is 29.8 Å². The molecule has 0 radical (unpaired) electrons. The van der Waals surface area contributed by atoms with Crippen molar-refractivity contribution in [2.45, 2.75) is 6.61 Å². The van der Waals surface area contributed by atoms with Gasteiger partial charge in [-0.25, -0.2) is 0 Å². The van der Waals surface area contributed by atoms with E-state index in [1.165, 1.54) is 0 Å². The van der Waals surface area contributed by atoms with E-state index in [1.54, 1.807) is 13.2 Å². The predicted molar refractivity (Wildman–Crippen MR) is 78.4 cm³/mol. The van der Waals surface area contributed by atoms with Gasteiger partial charge in [0.25, 0.3) is 0 Å². The third-order valence-electron chi connectivity index (χ3n) is 3.00. The Morgan fingerprint density at radius 2 is 1.89 bits per heavy atom. The van der Waals surface area contributed by atoms with E-state index in [2.05, 4.69) is 0 Å². The number of aliphatic hydroxyl groups excluding tert-OH is 1. The fraction of sp³-hybridized carbons (Fsp3) is 0.200. The monoisotopic (exact) mass is 277 g/mol. The first-order valence-corrected chi connectivity index (χ1v) is 6.31. The molecule has 0 atom stereocenters. The maximum Gasteiger partial charge on any atom is 0.142 e. The highest BCUT2D eigenvalue weighted by molar-refractivity contribution is 6.33.